The fourth-order valence-electron chi connectivity index (χ4n) is 2.56. The number of amides is 1. The molecule has 1 amide bonds. The first-order valence-corrected chi connectivity index (χ1v) is 6.78. The molecule has 0 aliphatic carbocycles. The van der Waals surface area contributed by atoms with E-state index in [-0.39, 0.29) is 5.91 Å². The van der Waals surface area contributed by atoms with Gasteiger partial charge in [-0.05, 0) is 36.6 Å². The van der Waals surface area contributed by atoms with Crippen LogP contribution in [-0.4, -0.2) is 12.5 Å². The summed E-state index contributed by atoms with van der Waals surface area (Å²) in [6.45, 7) is 2.78. The van der Waals surface area contributed by atoms with Gasteiger partial charge in [0.05, 0.1) is 0 Å². The molecular weight excluding hydrogens is 238 g/mol. The van der Waals surface area contributed by atoms with Crippen molar-refractivity contribution in [3.63, 3.8) is 0 Å². The minimum Gasteiger partial charge on any atom is -0.456 e. The van der Waals surface area contributed by atoms with Crippen LogP contribution in [0.3, 0.4) is 0 Å². The summed E-state index contributed by atoms with van der Waals surface area (Å²) in [7, 11) is 0. The maximum absolute atomic E-state index is 12.5. The molecule has 1 aliphatic rings. The van der Waals surface area contributed by atoms with Crippen molar-refractivity contribution in [2.45, 2.75) is 26.2 Å². The molecule has 1 aromatic heterocycles. The minimum absolute atomic E-state index is 0.0353. The fourth-order valence-corrected chi connectivity index (χ4v) is 2.56. The number of hydrogen-bond acceptors (Lipinski definition) is 2. The molecule has 1 aromatic carbocycles. The first-order chi connectivity index (χ1) is 9.29. The third-order valence-electron chi connectivity index (χ3n) is 3.58. The molecule has 0 fully saturated rings. The number of nitrogens with zero attached hydrogens (tertiary/aromatic N) is 1. The number of hydrogen-bond donors (Lipinski definition) is 0. The van der Waals surface area contributed by atoms with E-state index in [9.17, 15) is 4.79 Å². The summed E-state index contributed by atoms with van der Waals surface area (Å²) >= 11 is 0. The lowest BCUT2D eigenvalue weighted by atomic mass is 10.0. The predicted octanol–water partition coefficient (Wildman–Crippen LogP) is 3.44. The van der Waals surface area contributed by atoms with Crippen LogP contribution in [0.25, 0.3) is 0 Å². The Morgan fingerprint density at radius 2 is 2.11 bits per heavy atom. The third kappa shape index (κ3) is 2.16. The van der Waals surface area contributed by atoms with E-state index in [1.807, 2.05) is 36.1 Å². The Balaban J connectivity index is 1.93. The monoisotopic (exact) mass is 255 g/mol. The summed E-state index contributed by atoms with van der Waals surface area (Å²) in [5.41, 5.74) is 2.26. The standard InChI is InChI=1S/C16H17NO2/c1-2-13-9-10-15(19-13)16(18)17-11-5-7-12-6-3-4-8-14(12)17/h3-4,6,8-10H,2,5,7,11H2,1H3. The highest BCUT2D eigenvalue weighted by Gasteiger charge is 2.25. The first-order valence-electron chi connectivity index (χ1n) is 6.78. The lowest BCUT2D eigenvalue weighted by molar-refractivity contribution is 0.0957. The lowest BCUT2D eigenvalue weighted by Gasteiger charge is -2.28. The number of benzene rings is 1. The summed E-state index contributed by atoms with van der Waals surface area (Å²) in [4.78, 5) is 14.4. The number of fused-ring (bicyclic) bond motifs is 1. The average Bonchev–Trinajstić information content (AvgIpc) is 2.95. The number of rotatable bonds is 2. The van der Waals surface area contributed by atoms with E-state index in [0.29, 0.717) is 5.76 Å². The van der Waals surface area contributed by atoms with Crippen LogP contribution in [0, 0.1) is 0 Å². The Kier molecular flexibility index (Phi) is 3.11. The maximum atomic E-state index is 12.5. The second-order valence-corrected chi connectivity index (χ2v) is 4.81. The van der Waals surface area contributed by atoms with Crippen molar-refractivity contribution in [2.75, 3.05) is 11.4 Å². The van der Waals surface area contributed by atoms with Crippen molar-refractivity contribution in [3.05, 3.63) is 53.5 Å². The van der Waals surface area contributed by atoms with Gasteiger partial charge < -0.3 is 9.32 Å². The van der Waals surface area contributed by atoms with Crippen LogP contribution >= 0.6 is 0 Å². The van der Waals surface area contributed by atoms with Crippen LogP contribution < -0.4 is 4.90 Å². The van der Waals surface area contributed by atoms with Gasteiger partial charge in [-0.3, -0.25) is 4.79 Å². The highest BCUT2D eigenvalue weighted by Crippen LogP contribution is 2.28. The van der Waals surface area contributed by atoms with Crippen molar-refractivity contribution < 1.29 is 9.21 Å². The third-order valence-corrected chi connectivity index (χ3v) is 3.58. The van der Waals surface area contributed by atoms with Gasteiger partial charge >= 0.3 is 0 Å². The molecule has 0 saturated carbocycles. The number of anilines is 1. The van der Waals surface area contributed by atoms with E-state index < -0.39 is 0 Å². The molecule has 98 valence electrons. The van der Waals surface area contributed by atoms with E-state index in [1.54, 1.807) is 6.07 Å². The molecule has 0 atom stereocenters. The Bertz CT molecular complexity index is 600. The molecule has 0 bridgehead atoms. The maximum Gasteiger partial charge on any atom is 0.293 e. The molecule has 2 aromatic rings. The smallest absolute Gasteiger partial charge is 0.293 e. The number of furan rings is 1. The van der Waals surface area contributed by atoms with Gasteiger partial charge in [0.15, 0.2) is 5.76 Å². The van der Waals surface area contributed by atoms with Crippen LogP contribution in [0.4, 0.5) is 5.69 Å². The first kappa shape index (κ1) is 12.0. The molecule has 19 heavy (non-hydrogen) atoms. The van der Waals surface area contributed by atoms with E-state index in [1.165, 1.54) is 5.56 Å². The van der Waals surface area contributed by atoms with Gasteiger partial charge in [0.25, 0.3) is 5.91 Å². The molecule has 3 heteroatoms. The van der Waals surface area contributed by atoms with E-state index in [4.69, 9.17) is 4.42 Å². The SMILES string of the molecule is CCc1ccc(C(=O)N2CCCc3ccccc32)o1. The molecule has 1 aliphatic heterocycles. The van der Waals surface area contributed by atoms with Crippen molar-refractivity contribution in [1.82, 2.24) is 0 Å². The van der Waals surface area contributed by atoms with Crippen LogP contribution in [0.15, 0.2) is 40.8 Å². The van der Waals surface area contributed by atoms with Gasteiger partial charge in [-0.15, -0.1) is 0 Å². The number of aryl methyl sites for hydroxylation is 2. The summed E-state index contributed by atoms with van der Waals surface area (Å²) in [6, 6.07) is 11.8. The quantitative estimate of drug-likeness (QED) is 0.823. The summed E-state index contributed by atoms with van der Waals surface area (Å²) in [5.74, 6) is 1.26. The average molecular weight is 255 g/mol. The molecule has 3 rings (SSSR count). The van der Waals surface area contributed by atoms with Crippen LogP contribution in [0.2, 0.25) is 0 Å². The molecule has 0 N–H and O–H groups in total. The van der Waals surface area contributed by atoms with Gasteiger partial charge in [-0.1, -0.05) is 25.1 Å². The molecule has 0 spiro atoms. The van der Waals surface area contributed by atoms with Gasteiger partial charge in [0.2, 0.25) is 0 Å². The lowest BCUT2D eigenvalue weighted by Crippen LogP contribution is -2.35. The highest BCUT2D eigenvalue weighted by molar-refractivity contribution is 6.04. The van der Waals surface area contributed by atoms with Gasteiger partial charge in [-0.25, -0.2) is 0 Å². The summed E-state index contributed by atoms with van der Waals surface area (Å²) in [6.07, 6.45) is 2.85. The molecule has 0 saturated heterocycles. The number of carbonyl (C=O) groups excluding carboxylic acids is 1. The fraction of sp³-hybridized carbons (Fsp3) is 0.312. The van der Waals surface area contributed by atoms with Crippen molar-refractivity contribution >= 4 is 11.6 Å². The van der Waals surface area contributed by atoms with Crippen molar-refractivity contribution in [1.29, 1.82) is 0 Å². The van der Waals surface area contributed by atoms with Gasteiger partial charge in [-0.2, -0.15) is 0 Å². The molecular formula is C16H17NO2. The van der Waals surface area contributed by atoms with Crippen LogP contribution in [-0.2, 0) is 12.8 Å². The largest absolute Gasteiger partial charge is 0.456 e. The molecule has 3 nitrogen and oxygen atoms in total. The topological polar surface area (TPSA) is 33.5 Å². The zero-order valence-electron chi connectivity index (χ0n) is 11.1. The Morgan fingerprint density at radius 3 is 2.89 bits per heavy atom. The minimum atomic E-state index is -0.0353. The zero-order valence-corrected chi connectivity index (χ0v) is 11.1. The molecule has 0 unspecified atom stereocenters. The molecule has 2 heterocycles. The van der Waals surface area contributed by atoms with Gasteiger partial charge in [0.1, 0.15) is 5.76 Å². The van der Waals surface area contributed by atoms with E-state index >= 15 is 0 Å². The van der Waals surface area contributed by atoms with Crippen LogP contribution in [0.5, 0.6) is 0 Å². The predicted molar refractivity (Wildman–Crippen MR) is 74.5 cm³/mol. The van der Waals surface area contributed by atoms with Crippen molar-refractivity contribution in [2.24, 2.45) is 0 Å². The Hall–Kier alpha value is -2.03. The Morgan fingerprint density at radius 1 is 1.26 bits per heavy atom. The van der Waals surface area contributed by atoms with Gasteiger partial charge in [0, 0.05) is 18.7 Å². The van der Waals surface area contributed by atoms with E-state index in [2.05, 4.69) is 6.07 Å². The van der Waals surface area contributed by atoms with E-state index in [0.717, 1.165) is 37.3 Å². The molecule has 0 radical (unpaired) electrons. The normalized spacial score (nSPS) is 14.3. The second kappa shape index (κ2) is 4.92. The Labute approximate surface area is 112 Å². The number of carbonyl (C=O) groups is 1. The highest BCUT2D eigenvalue weighted by atomic mass is 16.4. The van der Waals surface area contributed by atoms with Crippen LogP contribution in [0.1, 0.15) is 35.2 Å². The van der Waals surface area contributed by atoms with Crippen molar-refractivity contribution in [3.8, 4) is 0 Å². The zero-order chi connectivity index (χ0) is 13.2. The number of para-hydroxylation sites is 1. The second-order valence-electron chi connectivity index (χ2n) is 4.81. The summed E-state index contributed by atoms with van der Waals surface area (Å²) < 4.78 is 5.57. The summed E-state index contributed by atoms with van der Waals surface area (Å²) in [5, 5.41) is 0.